The lowest BCUT2D eigenvalue weighted by Crippen LogP contribution is -2.51. The minimum Gasteiger partial charge on any atom is -0.357 e. The molecule has 0 saturated carbocycles. The molecule has 0 radical (unpaired) electrons. The molecule has 0 aliphatic carbocycles. The number of hydrogen-bond donors (Lipinski definition) is 1. The van der Waals surface area contributed by atoms with Gasteiger partial charge in [0.05, 0.1) is 16.1 Å². The van der Waals surface area contributed by atoms with Crippen LogP contribution in [0.1, 0.15) is 30.0 Å². The van der Waals surface area contributed by atoms with Gasteiger partial charge in [0, 0.05) is 13.6 Å². The van der Waals surface area contributed by atoms with Gasteiger partial charge in [0.1, 0.15) is 12.6 Å². The average molecular weight is 562 g/mol. The molecular formula is C28H30F3N3O4S. The fraction of sp³-hybridized carbons (Fsp3) is 0.286. The smallest absolute Gasteiger partial charge is 0.357 e. The molecule has 7 nitrogen and oxygen atoms in total. The molecule has 3 aromatic rings. The number of nitrogens with one attached hydrogen (secondary N) is 1. The highest BCUT2D eigenvalue weighted by molar-refractivity contribution is 7.92. The van der Waals surface area contributed by atoms with Gasteiger partial charge in [-0.3, -0.25) is 13.9 Å². The molecule has 3 rings (SSSR count). The number of carbonyl (C=O) groups excluding carboxylic acids is 2. The number of carbonyl (C=O) groups is 2. The van der Waals surface area contributed by atoms with Crippen LogP contribution in [0, 0.1) is 6.92 Å². The number of halogens is 3. The van der Waals surface area contributed by atoms with E-state index in [-0.39, 0.29) is 23.5 Å². The summed E-state index contributed by atoms with van der Waals surface area (Å²) in [5.41, 5.74) is 0.207. The highest BCUT2D eigenvalue weighted by Crippen LogP contribution is 2.33. The zero-order valence-corrected chi connectivity index (χ0v) is 22.6. The molecular weight excluding hydrogens is 531 g/mol. The first-order valence-corrected chi connectivity index (χ1v) is 13.6. The Morgan fingerprint density at radius 1 is 0.949 bits per heavy atom. The van der Waals surface area contributed by atoms with Crippen molar-refractivity contribution in [1.29, 1.82) is 0 Å². The summed E-state index contributed by atoms with van der Waals surface area (Å²) in [6, 6.07) is 17.2. The Kier molecular flexibility index (Phi) is 9.39. The van der Waals surface area contributed by atoms with Crippen LogP contribution in [-0.2, 0) is 32.3 Å². The lowest BCUT2D eigenvalue weighted by molar-refractivity contribution is -0.140. The molecule has 0 saturated heterocycles. The summed E-state index contributed by atoms with van der Waals surface area (Å²) in [6.45, 7) is 2.73. The number of sulfonamides is 1. The maximum absolute atomic E-state index is 13.8. The molecule has 2 amide bonds. The Bertz CT molecular complexity index is 1410. The van der Waals surface area contributed by atoms with E-state index in [4.69, 9.17) is 0 Å². The van der Waals surface area contributed by atoms with Gasteiger partial charge in [0.2, 0.25) is 11.8 Å². The van der Waals surface area contributed by atoms with Crippen LogP contribution in [0.5, 0.6) is 0 Å². The van der Waals surface area contributed by atoms with E-state index in [2.05, 4.69) is 5.32 Å². The Morgan fingerprint density at radius 2 is 1.59 bits per heavy atom. The number of alkyl halides is 3. The second-order valence-corrected chi connectivity index (χ2v) is 10.7. The van der Waals surface area contributed by atoms with Crippen molar-refractivity contribution >= 4 is 27.5 Å². The molecule has 0 spiro atoms. The first-order chi connectivity index (χ1) is 18.4. The topological polar surface area (TPSA) is 86.8 Å². The Hall–Kier alpha value is -3.86. The van der Waals surface area contributed by atoms with E-state index in [0.29, 0.717) is 10.4 Å². The first kappa shape index (κ1) is 29.7. The molecule has 1 atom stereocenters. The minimum absolute atomic E-state index is 0.000745. The van der Waals surface area contributed by atoms with Gasteiger partial charge < -0.3 is 10.2 Å². The fourth-order valence-electron chi connectivity index (χ4n) is 4.14. The largest absolute Gasteiger partial charge is 0.416 e. The standard InChI is InChI=1S/C28H30F3N3O4S/c1-4-25(27(36)32-3)33(18-21-12-9-8-11-20(21)2)26(35)19-34(39(37,38)24-15-6-5-7-16-24)23-14-10-13-22(17-23)28(29,30)31/h5-17,25H,4,18-19H2,1-3H3,(H,32,36)/t25-/m1/s1. The summed E-state index contributed by atoms with van der Waals surface area (Å²) in [5.74, 6) is -1.19. The molecule has 11 heteroatoms. The van der Waals surface area contributed by atoms with Gasteiger partial charge in [0.25, 0.3) is 10.0 Å². The van der Waals surface area contributed by atoms with Crippen molar-refractivity contribution in [2.75, 3.05) is 17.9 Å². The summed E-state index contributed by atoms with van der Waals surface area (Å²) in [6.07, 6.45) is -4.50. The van der Waals surface area contributed by atoms with Crippen molar-refractivity contribution in [1.82, 2.24) is 10.2 Å². The van der Waals surface area contributed by atoms with Gasteiger partial charge in [-0.2, -0.15) is 13.2 Å². The van der Waals surface area contributed by atoms with Gasteiger partial charge >= 0.3 is 6.18 Å². The van der Waals surface area contributed by atoms with E-state index >= 15 is 0 Å². The van der Waals surface area contributed by atoms with Crippen molar-refractivity contribution in [2.45, 2.75) is 43.9 Å². The van der Waals surface area contributed by atoms with Crippen LogP contribution in [0.15, 0.2) is 83.8 Å². The molecule has 0 aromatic heterocycles. The van der Waals surface area contributed by atoms with Crippen molar-refractivity contribution < 1.29 is 31.2 Å². The van der Waals surface area contributed by atoms with E-state index in [0.717, 1.165) is 23.3 Å². The Labute approximate surface area is 226 Å². The van der Waals surface area contributed by atoms with Crippen LogP contribution in [0.3, 0.4) is 0 Å². The lowest BCUT2D eigenvalue weighted by atomic mass is 10.1. The van der Waals surface area contributed by atoms with Crippen LogP contribution < -0.4 is 9.62 Å². The molecule has 1 N–H and O–H groups in total. The third-order valence-electron chi connectivity index (χ3n) is 6.31. The highest BCUT2D eigenvalue weighted by atomic mass is 32.2. The summed E-state index contributed by atoms with van der Waals surface area (Å²) >= 11 is 0. The van der Waals surface area contributed by atoms with E-state index in [1.165, 1.54) is 42.3 Å². The molecule has 0 aliphatic rings. The van der Waals surface area contributed by atoms with Crippen LogP contribution in [-0.4, -0.2) is 44.8 Å². The SMILES string of the molecule is CC[C@H](C(=O)NC)N(Cc1ccccc1C)C(=O)CN(c1cccc(C(F)(F)F)c1)S(=O)(=O)c1ccccc1. The highest BCUT2D eigenvalue weighted by Gasteiger charge is 2.35. The third kappa shape index (κ3) is 6.97. The van der Waals surface area contributed by atoms with Gasteiger partial charge in [-0.05, 0) is 54.8 Å². The molecule has 208 valence electrons. The summed E-state index contributed by atoms with van der Waals surface area (Å²) in [5, 5.41) is 2.53. The van der Waals surface area contributed by atoms with Crippen molar-refractivity contribution in [2.24, 2.45) is 0 Å². The Balaban J connectivity index is 2.12. The second-order valence-electron chi connectivity index (χ2n) is 8.86. The zero-order chi connectivity index (χ0) is 28.8. The van der Waals surface area contributed by atoms with Gasteiger partial charge in [0.15, 0.2) is 0 Å². The quantitative estimate of drug-likeness (QED) is 0.387. The van der Waals surface area contributed by atoms with Gasteiger partial charge in [-0.15, -0.1) is 0 Å². The van der Waals surface area contributed by atoms with Crippen molar-refractivity contribution in [3.63, 3.8) is 0 Å². The maximum atomic E-state index is 13.8. The normalized spacial score (nSPS) is 12.5. The lowest BCUT2D eigenvalue weighted by Gasteiger charge is -2.33. The van der Waals surface area contributed by atoms with E-state index in [9.17, 15) is 31.2 Å². The number of aryl methyl sites for hydroxylation is 1. The number of likely N-dealkylation sites (N-methyl/N-ethyl adjacent to an activating group) is 1. The molecule has 0 unspecified atom stereocenters. The molecule has 39 heavy (non-hydrogen) atoms. The number of amides is 2. The number of rotatable bonds is 10. The molecule has 0 bridgehead atoms. The maximum Gasteiger partial charge on any atom is 0.416 e. The van der Waals surface area contributed by atoms with Crippen LogP contribution >= 0.6 is 0 Å². The molecule has 0 fully saturated rings. The zero-order valence-electron chi connectivity index (χ0n) is 21.8. The monoisotopic (exact) mass is 561 g/mol. The average Bonchev–Trinajstić information content (AvgIpc) is 2.92. The number of nitrogens with zero attached hydrogens (tertiary/aromatic N) is 2. The van der Waals surface area contributed by atoms with E-state index in [1.807, 2.05) is 19.1 Å². The van der Waals surface area contributed by atoms with Crippen LogP contribution in [0.25, 0.3) is 0 Å². The first-order valence-electron chi connectivity index (χ1n) is 12.2. The molecule has 3 aromatic carbocycles. The summed E-state index contributed by atoms with van der Waals surface area (Å²) in [4.78, 5) is 27.6. The Morgan fingerprint density at radius 3 is 2.18 bits per heavy atom. The van der Waals surface area contributed by atoms with Crippen LogP contribution in [0.4, 0.5) is 18.9 Å². The van der Waals surface area contributed by atoms with Crippen molar-refractivity contribution in [3.8, 4) is 0 Å². The minimum atomic E-state index is -4.73. The predicted octanol–water partition coefficient (Wildman–Crippen LogP) is 4.76. The van der Waals surface area contributed by atoms with E-state index in [1.54, 1.807) is 25.1 Å². The fourth-order valence-corrected chi connectivity index (χ4v) is 5.57. The predicted molar refractivity (Wildman–Crippen MR) is 142 cm³/mol. The number of hydrogen-bond acceptors (Lipinski definition) is 4. The number of anilines is 1. The van der Waals surface area contributed by atoms with Crippen LogP contribution in [0.2, 0.25) is 0 Å². The van der Waals surface area contributed by atoms with Crippen molar-refractivity contribution in [3.05, 3.63) is 95.6 Å². The van der Waals surface area contributed by atoms with Gasteiger partial charge in [-0.25, -0.2) is 8.42 Å². The van der Waals surface area contributed by atoms with Gasteiger partial charge in [-0.1, -0.05) is 55.5 Å². The molecule has 0 aliphatic heterocycles. The summed E-state index contributed by atoms with van der Waals surface area (Å²) < 4.78 is 68.6. The molecule has 0 heterocycles. The number of benzene rings is 3. The summed E-state index contributed by atoms with van der Waals surface area (Å²) in [7, 11) is -3.04. The van der Waals surface area contributed by atoms with E-state index < -0.39 is 46.2 Å². The third-order valence-corrected chi connectivity index (χ3v) is 8.09. The second kappa shape index (κ2) is 12.3.